The topological polar surface area (TPSA) is 41.6 Å². The monoisotopic (exact) mass is 479 g/mol. The molecule has 0 bridgehead atoms. The Morgan fingerprint density at radius 3 is 2.15 bits per heavy atom. The number of hydrogen-bond acceptors (Lipinski definition) is 2. The maximum Gasteiger partial charge on any atom is 0.416 e. The Bertz CT molecular complexity index is 953. The smallest absolute Gasteiger partial charge is 0.221 e. The summed E-state index contributed by atoms with van der Waals surface area (Å²) in [6, 6.07) is 3.44. The fourth-order valence-electron chi connectivity index (χ4n) is 1.92. The third-order valence-electron chi connectivity index (χ3n) is 3.05. The molecule has 0 spiro atoms. The molecule has 0 saturated carbocycles. The fraction of sp³-hybridized carbons (Fsp3) is 0.250. The summed E-state index contributed by atoms with van der Waals surface area (Å²) in [7, 11) is -1.72. The summed E-state index contributed by atoms with van der Waals surface area (Å²) in [6.45, 7) is 6.11. The van der Waals surface area contributed by atoms with Gasteiger partial charge in [0.05, 0.1) is 21.2 Å². The molecule has 0 amide bonds. The van der Waals surface area contributed by atoms with Crippen molar-refractivity contribution in [1.29, 1.82) is 5.26 Å². The van der Waals surface area contributed by atoms with Crippen LogP contribution in [0.25, 0.3) is 5.69 Å². The highest BCUT2D eigenvalue weighted by molar-refractivity contribution is 9.10. The van der Waals surface area contributed by atoms with Gasteiger partial charge in [-0.2, -0.15) is 23.5 Å². The van der Waals surface area contributed by atoms with Gasteiger partial charge in [-0.3, -0.25) is 0 Å². The van der Waals surface area contributed by atoms with Crippen molar-refractivity contribution < 1.29 is 13.2 Å². The zero-order valence-electron chi connectivity index (χ0n) is 13.8. The van der Waals surface area contributed by atoms with E-state index in [1.54, 1.807) is 0 Å². The number of alkyl halides is 3. The first-order valence-electron chi connectivity index (χ1n) is 7.13. The van der Waals surface area contributed by atoms with Crippen LogP contribution in [-0.4, -0.2) is 17.9 Å². The van der Waals surface area contributed by atoms with E-state index in [2.05, 4.69) is 32.5 Å². The molecule has 0 aliphatic carbocycles. The molecule has 136 valence electrons. The number of benzene rings is 1. The third-order valence-corrected chi connectivity index (χ3v) is 5.24. The number of hydrogen-bond donors (Lipinski definition) is 0. The summed E-state index contributed by atoms with van der Waals surface area (Å²) < 4.78 is 40.1. The first-order valence-corrected chi connectivity index (χ1v) is 12.2. The lowest BCUT2D eigenvalue weighted by atomic mass is 10.2. The first-order chi connectivity index (χ1) is 11.8. The van der Waals surface area contributed by atoms with Gasteiger partial charge in [0.1, 0.15) is 24.4 Å². The van der Waals surface area contributed by atoms with Crippen LogP contribution in [0.5, 0.6) is 0 Å². The van der Waals surface area contributed by atoms with Crippen LogP contribution in [-0.2, 0) is 6.18 Å². The SMILES string of the molecule is C[Si](C)(C)C#Cc1c(C#N)nn(-c2c(Cl)cc(C(F)(F)F)cc2Cl)c1Br. The lowest BCUT2D eigenvalue weighted by Gasteiger charge is -2.13. The van der Waals surface area contributed by atoms with Gasteiger partial charge in [0.15, 0.2) is 5.69 Å². The second-order valence-electron chi connectivity index (χ2n) is 6.32. The average molecular weight is 481 g/mol. The van der Waals surface area contributed by atoms with E-state index in [0.29, 0.717) is 10.2 Å². The number of halogens is 6. The van der Waals surface area contributed by atoms with Crippen molar-refractivity contribution in [3.63, 3.8) is 0 Å². The quantitative estimate of drug-likeness (QED) is 0.367. The third kappa shape index (κ3) is 4.44. The van der Waals surface area contributed by atoms with Crippen LogP contribution in [0.1, 0.15) is 16.8 Å². The second-order valence-corrected chi connectivity index (χ2v) is 12.6. The van der Waals surface area contributed by atoms with Crippen LogP contribution in [0.3, 0.4) is 0 Å². The second kappa shape index (κ2) is 7.28. The predicted molar refractivity (Wildman–Crippen MR) is 101 cm³/mol. The molecule has 0 N–H and O–H groups in total. The van der Waals surface area contributed by atoms with Gasteiger partial charge < -0.3 is 0 Å². The summed E-state index contributed by atoms with van der Waals surface area (Å²) >= 11 is 15.3. The molecule has 0 aliphatic heterocycles. The molecule has 10 heteroatoms. The Hall–Kier alpha value is -1.45. The Morgan fingerprint density at radius 1 is 1.19 bits per heavy atom. The predicted octanol–water partition coefficient (Wildman–Crippen LogP) is 6.06. The van der Waals surface area contributed by atoms with Crippen molar-refractivity contribution >= 4 is 47.2 Å². The summed E-state index contributed by atoms with van der Waals surface area (Å²) in [6.07, 6.45) is -4.58. The standard InChI is InChI=1S/C16H11BrCl2F3N3Si/c1-26(2,3)5-4-10-13(8-23)24-25(15(10)17)14-11(18)6-9(7-12(14)19)16(20,21)22/h6-7H,1-3H3. The molecular formula is C16H11BrCl2F3N3Si. The van der Waals surface area contributed by atoms with Crippen molar-refractivity contribution in [2.45, 2.75) is 25.8 Å². The molecule has 0 fully saturated rings. The van der Waals surface area contributed by atoms with E-state index >= 15 is 0 Å². The van der Waals surface area contributed by atoms with Crippen LogP contribution in [0.4, 0.5) is 13.2 Å². The maximum atomic E-state index is 12.9. The maximum absolute atomic E-state index is 12.9. The van der Waals surface area contributed by atoms with E-state index in [1.165, 1.54) is 4.68 Å². The zero-order valence-corrected chi connectivity index (χ0v) is 17.9. The summed E-state index contributed by atoms with van der Waals surface area (Å²) in [5.41, 5.74) is 2.53. The molecule has 0 atom stereocenters. The van der Waals surface area contributed by atoms with Crippen LogP contribution >= 0.6 is 39.1 Å². The molecule has 0 aliphatic rings. The highest BCUT2D eigenvalue weighted by Gasteiger charge is 2.32. The van der Waals surface area contributed by atoms with E-state index < -0.39 is 19.8 Å². The molecule has 0 radical (unpaired) electrons. The lowest BCUT2D eigenvalue weighted by molar-refractivity contribution is -0.137. The van der Waals surface area contributed by atoms with Crippen molar-refractivity contribution in [2.75, 3.05) is 0 Å². The number of rotatable bonds is 1. The molecule has 2 rings (SSSR count). The van der Waals surface area contributed by atoms with E-state index in [4.69, 9.17) is 23.2 Å². The van der Waals surface area contributed by atoms with Gasteiger partial charge in [0, 0.05) is 0 Å². The summed E-state index contributed by atoms with van der Waals surface area (Å²) in [4.78, 5) is 0. The molecule has 0 saturated heterocycles. The minimum atomic E-state index is -4.58. The van der Waals surface area contributed by atoms with E-state index in [9.17, 15) is 18.4 Å². The van der Waals surface area contributed by atoms with E-state index in [-0.39, 0.29) is 21.4 Å². The average Bonchev–Trinajstić information content (AvgIpc) is 2.79. The van der Waals surface area contributed by atoms with Gasteiger partial charge in [-0.05, 0) is 28.1 Å². The molecule has 3 nitrogen and oxygen atoms in total. The van der Waals surface area contributed by atoms with Gasteiger partial charge in [-0.1, -0.05) is 48.8 Å². The number of nitrogens with zero attached hydrogens (tertiary/aromatic N) is 3. The van der Waals surface area contributed by atoms with Gasteiger partial charge >= 0.3 is 6.18 Å². The normalized spacial score (nSPS) is 11.7. The highest BCUT2D eigenvalue weighted by Crippen LogP contribution is 2.38. The van der Waals surface area contributed by atoms with Crippen molar-refractivity contribution in [1.82, 2.24) is 9.78 Å². The summed E-state index contributed by atoms with van der Waals surface area (Å²) in [5.74, 6) is 2.93. The molecule has 1 aromatic carbocycles. The first kappa shape index (κ1) is 20.9. The van der Waals surface area contributed by atoms with E-state index in [0.717, 1.165) is 12.1 Å². The molecule has 1 aromatic heterocycles. The van der Waals surface area contributed by atoms with Crippen molar-refractivity contribution in [3.8, 4) is 23.2 Å². The van der Waals surface area contributed by atoms with Crippen LogP contribution in [0.15, 0.2) is 16.7 Å². The van der Waals surface area contributed by atoms with Crippen LogP contribution in [0, 0.1) is 22.8 Å². The zero-order chi connectivity index (χ0) is 19.9. The molecule has 2 aromatic rings. The molecular weight excluding hydrogens is 470 g/mol. The van der Waals surface area contributed by atoms with Crippen LogP contribution in [0.2, 0.25) is 29.7 Å². The van der Waals surface area contributed by atoms with Crippen molar-refractivity contribution in [2.24, 2.45) is 0 Å². The summed E-state index contributed by atoms with van der Waals surface area (Å²) in [5, 5.41) is 12.9. The Morgan fingerprint density at radius 2 is 1.73 bits per heavy atom. The Kier molecular flexibility index (Phi) is 5.84. The van der Waals surface area contributed by atoms with Gasteiger partial charge in [-0.25, -0.2) is 4.68 Å². The minimum Gasteiger partial charge on any atom is -0.221 e. The minimum absolute atomic E-state index is 0.0228. The molecule has 1 heterocycles. The van der Waals surface area contributed by atoms with E-state index in [1.807, 2.05) is 25.7 Å². The largest absolute Gasteiger partial charge is 0.416 e. The highest BCUT2D eigenvalue weighted by atomic mass is 79.9. The Balaban J connectivity index is 2.70. The van der Waals surface area contributed by atoms with Gasteiger partial charge in [0.2, 0.25) is 0 Å². The lowest BCUT2D eigenvalue weighted by Crippen LogP contribution is -2.16. The molecule has 26 heavy (non-hydrogen) atoms. The fourth-order valence-corrected chi connectivity index (χ4v) is 3.61. The van der Waals surface area contributed by atoms with Gasteiger partial charge in [0.25, 0.3) is 0 Å². The number of aromatic nitrogens is 2. The van der Waals surface area contributed by atoms with Crippen LogP contribution < -0.4 is 0 Å². The number of nitriles is 1. The Labute approximate surface area is 167 Å². The van der Waals surface area contributed by atoms with Gasteiger partial charge in [-0.15, -0.1) is 5.54 Å². The van der Waals surface area contributed by atoms with Crippen molar-refractivity contribution in [3.05, 3.63) is 43.6 Å². The molecule has 0 unspecified atom stereocenters.